The van der Waals surface area contributed by atoms with Gasteiger partial charge in [-0.05, 0) is 37.9 Å². The minimum atomic E-state index is -2.18. The average molecular weight is 405 g/mol. The van der Waals surface area contributed by atoms with Crippen molar-refractivity contribution in [3.8, 4) is 5.75 Å². The smallest absolute Gasteiger partial charge is 0.121 e. The highest BCUT2D eigenvalue weighted by Gasteiger charge is 2.15. The zero-order valence-corrected chi connectivity index (χ0v) is 17.9. The van der Waals surface area contributed by atoms with Crippen LogP contribution in [0.25, 0.3) is 0 Å². The van der Waals surface area contributed by atoms with Crippen LogP contribution >= 0.6 is 7.14 Å². The largest absolute Gasteiger partial charge is 0.492 e. The van der Waals surface area contributed by atoms with Crippen LogP contribution < -0.4 is 15.8 Å². The van der Waals surface area contributed by atoms with Crippen LogP contribution in [0, 0.1) is 0 Å². The van der Waals surface area contributed by atoms with Gasteiger partial charge in [-0.1, -0.05) is 30.3 Å². The number of hydrogen-bond acceptors (Lipinski definition) is 6. The van der Waals surface area contributed by atoms with Crippen LogP contribution in [-0.4, -0.2) is 55.4 Å². The van der Waals surface area contributed by atoms with E-state index < -0.39 is 13.2 Å². The highest BCUT2D eigenvalue weighted by molar-refractivity contribution is 7.62. The molecule has 0 unspecified atom stereocenters. The van der Waals surface area contributed by atoms with E-state index in [1.54, 1.807) is 13.0 Å². The standard InChI is InChI=1S/C21H32N3O3P/c1-17(25)14-23-21-13-19(9-10-20(21)22)27-12-11-24(16-28(2,3)26)15-18-7-5-4-6-8-18/h4-10,13,17,23,25H,11-12,14-16,22H2,1-3H3/t17-/m0/s1. The first-order chi connectivity index (χ1) is 13.2. The highest BCUT2D eigenvalue weighted by Crippen LogP contribution is 2.36. The summed E-state index contributed by atoms with van der Waals surface area (Å²) in [5.74, 6) is 0.707. The van der Waals surface area contributed by atoms with Gasteiger partial charge in [0.2, 0.25) is 0 Å². The summed E-state index contributed by atoms with van der Waals surface area (Å²) in [4.78, 5) is 2.17. The molecule has 0 radical (unpaired) electrons. The second-order valence-electron chi connectivity index (χ2n) is 7.58. The first-order valence-electron chi connectivity index (χ1n) is 9.47. The molecule has 4 N–H and O–H groups in total. The fraction of sp³-hybridized carbons (Fsp3) is 0.429. The van der Waals surface area contributed by atoms with E-state index in [-0.39, 0.29) is 0 Å². The van der Waals surface area contributed by atoms with Crippen molar-refractivity contribution in [3.05, 3.63) is 54.1 Å². The Labute approximate surface area is 168 Å². The molecule has 28 heavy (non-hydrogen) atoms. The number of nitrogens with one attached hydrogen (secondary N) is 1. The summed E-state index contributed by atoms with van der Waals surface area (Å²) in [7, 11) is -2.18. The van der Waals surface area contributed by atoms with Gasteiger partial charge in [-0.2, -0.15) is 0 Å². The maximum Gasteiger partial charge on any atom is 0.121 e. The van der Waals surface area contributed by atoms with Crippen LogP contribution in [0.4, 0.5) is 11.4 Å². The second kappa shape index (κ2) is 10.5. The SMILES string of the molecule is C[C@H](O)CNc1cc(OCCN(Cc2ccccc2)CP(C)(C)=O)ccc1N. The number of anilines is 2. The molecule has 0 aliphatic rings. The third kappa shape index (κ3) is 8.34. The van der Waals surface area contributed by atoms with Gasteiger partial charge in [0.1, 0.15) is 12.4 Å². The van der Waals surface area contributed by atoms with Crippen molar-refractivity contribution in [1.82, 2.24) is 4.90 Å². The molecular weight excluding hydrogens is 373 g/mol. The van der Waals surface area contributed by atoms with Gasteiger partial charge in [0.25, 0.3) is 0 Å². The zero-order chi connectivity index (χ0) is 20.6. The number of nitrogens with zero attached hydrogens (tertiary/aromatic N) is 1. The molecule has 0 amide bonds. The molecule has 0 aliphatic heterocycles. The fourth-order valence-corrected chi connectivity index (χ4v) is 4.06. The van der Waals surface area contributed by atoms with Crippen molar-refractivity contribution in [2.24, 2.45) is 0 Å². The molecule has 0 spiro atoms. The summed E-state index contributed by atoms with van der Waals surface area (Å²) < 4.78 is 18.2. The maximum absolute atomic E-state index is 12.3. The summed E-state index contributed by atoms with van der Waals surface area (Å²) in [6.45, 7) is 7.64. The van der Waals surface area contributed by atoms with Crippen LogP contribution in [0.3, 0.4) is 0 Å². The maximum atomic E-state index is 12.3. The van der Waals surface area contributed by atoms with Crippen LogP contribution in [0.5, 0.6) is 5.75 Å². The van der Waals surface area contributed by atoms with Crippen molar-refractivity contribution in [2.75, 3.05) is 50.4 Å². The van der Waals surface area contributed by atoms with Crippen LogP contribution in [0.15, 0.2) is 48.5 Å². The van der Waals surface area contributed by atoms with E-state index in [4.69, 9.17) is 10.5 Å². The Bertz CT molecular complexity index is 778. The Morgan fingerprint density at radius 1 is 1.21 bits per heavy atom. The first-order valence-corrected chi connectivity index (χ1v) is 12.3. The number of hydrogen-bond donors (Lipinski definition) is 3. The van der Waals surface area contributed by atoms with Crippen molar-refractivity contribution >= 4 is 18.5 Å². The normalized spacial score (nSPS) is 12.8. The Kier molecular flexibility index (Phi) is 8.36. The topological polar surface area (TPSA) is 87.8 Å². The number of rotatable bonds is 11. The molecule has 0 bridgehead atoms. The minimum absolute atomic E-state index is 0.417. The summed E-state index contributed by atoms with van der Waals surface area (Å²) >= 11 is 0. The van der Waals surface area contributed by atoms with Gasteiger partial charge < -0.3 is 25.5 Å². The molecule has 2 aromatic rings. The number of nitrogens with two attached hydrogens (primary N) is 1. The third-order valence-corrected chi connectivity index (χ3v) is 5.16. The van der Waals surface area contributed by atoms with Crippen molar-refractivity contribution in [3.63, 3.8) is 0 Å². The molecule has 0 saturated heterocycles. The zero-order valence-electron chi connectivity index (χ0n) is 17.0. The molecule has 0 fully saturated rings. The lowest BCUT2D eigenvalue weighted by atomic mass is 10.2. The lowest BCUT2D eigenvalue weighted by molar-refractivity contribution is 0.208. The van der Waals surface area contributed by atoms with Crippen molar-refractivity contribution in [2.45, 2.75) is 19.6 Å². The molecule has 154 valence electrons. The number of nitrogen functional groups attached to an aromatic ring is 1. The van der Waals surface area contributed by atoms with Crippen molar-refractivity contribution in [1.29, 1.82) is 0 Å². The summed E-state index contributed by atoms with van der Waals surface area (Å²) in [6.07, 6.45) is 0.0862. The van der Waals surface area contributed by atoms with Gasteiger partial charge in [0, 0.05) is 25.7 Å². The molecular formula is C21H32N3O3P. The van der Waals surface area contributed by atoms with Gasteiger partial charge in [-0.3, -0.25) is 4.90 Å². The Balaban J connectivity index is 1.95. The Morgan fingerprint density at radius 2 is 1.93 bits per heavy atom. The van der Waals surface area contributed by atoms with E-state index in [0.29, 0.717) is 37.4 Å². The molecule has 1 atom stereocenters. The van der Waals surface area contributed by atoms with Gasteiger partial charge in [-0.25, -0.2) is 0 Å². The molecule has 2 rings (SSSR count). The third-order valence-electron chi connectivity index (χ3n) is 4.08. The number of aliphatic hydroxyl groups is 1. The molecule has 0 aromatic heterocycles. The van der Waals surface area contributed by atoms with E-state index in [1.807, 2.05) is 43.7 Å². The molecule has 2 aromatic carbocycles. The highest BCUT2D eigenvalue weighted by atomic mass is 31.2. The first kappa shape index (κ1) is 22.3. The number of ether oxygens (including phenoxy) is 1. The molecule has 7 heteroatoms. The molecule has 0 aliphatic carbocycles. The van der Waals surface area contributed by atoms with Crippen LogP contribution in [-0.2, 0) is 11.1 Å². The predicted molar refractivity (Wildman–Crippen MR) is 118 cm³/mol. The van der Waals surface area contributed by atoms with Crippen molar-refractivity contribution < 1.29 is 14.4 Å². The summed E-state index contributed by atoms with van der Waals surface area (Å²) in [5.41, 5.74) is 8.51. The molecule has 6 nitrogen and oxygen atoms in total. The van der Waals surface area contributed by atoms with Crippen LogP contribution in [0.1, 0.15) is 12.5 Å². The predicted octanol–water partition coefficient (Wildman–Crippen LogP) is 3.52. The number of benzene rings is 2. The van der Waals surface area contributed by atoms with Gasteiger partial charge in [-0.15, -0.1) is 0 Å². The molecule has 0 heterocycles. The summed E-state index contributed by atoms with van der Waals surface area (Å²) in [6, 6.07) is 15.6. The van der Waals surface area contributed by atoms with E-state index in [1.165, 1.54) is 5.56 Å². The van der Waals surface area contributed by atoms with E-state index in [2.05, 4.69) is 22.3 Å². The molecule has 0 saturated carbocycles. The Morgan fingerprint density at radius 3 is 2.57 bits per heavy atom. The lowest BCUT2D eigenvalue weighted by Crippen LogP contribution is -2.29. The monoisotopic (exact) mass is 405 g/mol. The average Bonchev–Trinajstić information content (AvgIpc) is 2.61. The number of aliphatic hydroxyl groups excluding tert-OH is 1. The van der Waals surface area contributed by atoms with E-state index >= 15 is 0 Å². The van der Waals surface area contributed by atoms with Gasteiger partial charge >= 0.3 is 0 Å². The van der Waals surface area contributed by atoms with Gasteiger partial charge in [0.05, 0.1) is 30.9 Å². The van der Waals surface area contributed by atoms with Gasteiger partial charge in [0.15, 0.2) is 0 Å². The lowest BCUT2D eigenvalue weighted by Gasteiger charge is -2.24. The van der Waals surface area contributed by atoms with E-state index in [9.17, 15) is 9.67 Å². The Hall–Kier alpha value is -2.01. The van der Waals surface area contributed by atoms with Crippen LogP contribution in [0.2, 0.25) is 0 Å². The second-order valence-corrected chi connectivity index (χ2v) is 11.0. The summed E-state index contributed by atoms with van der Waals surface area (Å²) in [5, 5.41) is 12.5. The quantitative estimate of drug-likeness (QED) is 0.392. The van der Waals surface area contributed by atoms with E-state index in [0.717, 1.165) is 12.2 Å². The minimum Gasteiger partial charge on any atom is -0.492 e. The fourth-order valence-electron chi connectivity index (χ4n) is 2.85.